The first kappa shape index (κ1) is 16.2. The Morgan fingerprint density at radius 1 is 1.08 bits per heavy atom. The Morgan fingerprint density at radius 2 is 1.71 bits per heavy atom. The molecule has 3 rings (SSSR count). The zero-order valence-electron chi connectivity index (χ0n) is 13.9. The van der Waals surface area contributed by atoms with Crippen molar-refractivity contribution in [2.75, 3.05) is 18.0 Å². The van der Waals surface area contributed by atoms with Gasteiger partial charge in [0.25, 0.3) is 0 Å². The van der Waals surface area contributed by atoms with Crippen LogP contribution in [-0.4, -0.2) is 18.0 Å². The highest BCUT2D eigenvalue weighted by Crippen LogP contribution is 2.30. The van der Waals surface area contributed by atoms with Crippen molar-refractivity contribution < 1.29 is 4.92 Å². The van der Waals surface area contributed by atoms with Gasteiger partial charge in [0.05, 0.1) is 4.92 Å². The molecule has 1 aliphatic heterocycles. The van der Waals surface area contributed by atoms with E-state index in [0.29, 0.717) is 5.92 Å². The number of nitrogens with zero attached hydrogens (tertiary/aromatic N) is 2. The molecule has 1 fully saturated rings. The van der Waals surface area contributed by atoms with Crippen molar-refractivity contribution in [1.29, 1.82) is 0 Å². The fourth-order valence-corrected chi connectivity index (χ4v) is 3.27. The van der Waals surface area contributed by atoms with Gasteiger partial charge in [-0.05, 0) is 42.0 Å². The monoisotopic (exact) mass is 322 g/mol. The SMILES string of the molecule is C/C(=C\c1ccc(N2CCC(c3ccccc3)CC2)cc1)[N+](=O)[O-]. The zero-order chi connectivity index (χ0) is 16.9. The molecule has 0 amide bonds. The molecule has 0 bridgehead atoms. The number of benzene rings is 2. The van der Waals surface area contributed by atoms with Crippen molar-refractivity contribution in [1.82, 2.24) is 0 Å². The van der Waals surface area contributed by atoms with Crippen molar-refractivity contribution in [3.63, 3.8) is 0 Å². The average molecular weight is 322 g/mol. The maximum absolute atomic E-state index is 10.7. The lowest BCUT2D eigenvalue weighted by atomic mass is 9.89. The van der Waals surface area contributed by atoms with E-state index in [4.69, 9.17) is 0 Å². The average Bonchev–Trinajstić information content (AvgIpc) is 2.63. The third-order valence-corrected chi connectivity index (χ3v) is 4.69. The molecule has 124 valence electrons. The molecular formula is C20H22N2O2. The molecule has 0 atom stereocenters. The van der Waals surface area contributed by atoms with Gasteiger partial charge in [0, 0.05) is 31.8 Å². The summed E-state index contributed by atoms with van der Waals surface area (Å²) in [6.45, 7) is 3.60. The van der Waals surface area contributed by atoms with Crippen LogP contribution in [0.15, 0.2) is 60.3 Å². The van der Waals surface area contributed by atoms with Crippen molar-refractivity contribution in [2.24, 2.45) is 0 Å². The summed E-state index contributed by atoms with van der Waals surface area (Å²) in [6, 6.07) is 18.7. The molecule has 2 aromatic carbocycles. The lowest BCUT2D eigenvalue weighted by Crippen LogP contribution is -2.32. The molecule has 1 saturated heterocycles. The Hall–Kier alpha value is -2.62. The van der Waals surface area contributed by atoms with Crippen molar-refractivity contribution in [3.8, 4) is 0 Å². The molecule has 2 aromatic rings. The maximum atomic E-state index is 10.7. The third-order valence-electron chi connectivity index (χ3n) is 4.69. The minimum absolute atomic E-state index is 0.159. The second kappa shape index (κ2) is 7.30. The van der Waals surface area contributed by atoms with Gasteiger partial charge in [-0.3, -0.25) is 10.1 Å². The quantitative estimate of drug-likeness (QED) is 0.605. The van der Waals surface area contributed by atoms with Gasteiger partial charge in [0.1, 0.15) is 0 Å². The van der Waals surface area contributed by atoms with E-state index in [-0.39, 0.29) is 10.6 Å². The number of hydrogen-bond donors (Lipinski definition) is 0. The van der Waals surface area contributed by atoms with E-state index in [1.807, 2.05) is 12.1 Å². The normalized spacial score (nSPS) is 16.2. The van der Waals surface area contributed by atoms with E-state index in [0.717, 1.165) is 31.5 Å². The van der Waals surface area contributed by atoms with E-state index in [1.165, 1.54) is 18.2 Å². The summed E-state index contributed by atoms with van der Waals surface area (Å²) in [4.78, 5) is 12.7. The standard InChI is InChI=1S/C20H22N2O2/c1-16(22(23)24)15-17-7-9-20(10-8-17)21-13-11-19(12-14-21)18-5-3-2-4-6-18/h2-10,15,19H,11-14H2,1H3/b16-15+. The largest absolute Gasteiger partial charge is 0.371 e. The molecule has 1 aliphatic rings. The van der Waals surface area contributed by atoms with E-state index in [1.54, 1.807) is 6.08 Å². The van der Waals surface area contributed by atoms with Crippen molar-refractivity contribution >= 4 is 11.8 Å². The number of anilines is 1. The predicted molar refractivity (Wildman–Crippen MR) is 97.7 cm³/mol. The molecule has 24 heavy (non-hydrogen) atoms. The van der Waals surface area contributed by atoms with E-state index < -0.39 is 0 Å². The predicted octanol–water partition coefficient (Wildman–Crippen LogP) is 4.71. The number of rotatable bonds is 4. The van der Waals surface area contributed by atoms with Gasteiger partial charge < -0.3 is 4.90 Å². The van der Waals surface area contributed by atoms with E-state index in [2.05, 4.69) is 47.4 Å². The first-order valence-electron chi connectivity index (χ1n) is 8.36. The van der Waals surface area contributed by atoms with Crippen molar-refractivity contribution in [2.45, 2.75) is 25.7 Å². The Kier molecular flexibility index (Phi) is 4.94. The molecule has 0 aliphatic carbocycles. The number of hydrogen-bond acceptors (Lipinski definition) is 3. The lowest BCUT2D eigenvalue weighted by molar-refractivity contribution is -0.422. The van der Waals surface area contributed by atoms with Gasteiger partial charge in [0.15, 0.2) is 0 Å². The Bertz CT molecular complexity index is 715. The summed E-state index contributed by atoms with van der Waals surface area (Å²) >= 11 is 0. The third kappa shape index (κ3) is 3.82. The highest BCUT2D eigenvalue weighted by atomic mass is 16.6. The summed E-state index contributed by atoms with van der Waals surface area (Å²) in [7, 11) is 0. The molecule has 0 radical (unpaired) electrons. The Balaban J connectivity index is 1.62. The molecule has 0 N–H and O–H groups in total. The summed E-state index contributed by atoms with van der Waals surface area (Å²) in [5.74, 6) is 0.646. The summed E-state index contributed by atoms with van der Waals surface area (Å²) in [5, 5.41) is 10.7. The van der Waals surface area contributed by atoms with Crippen LogP contribution >= 0.6 is 0 Å². The molecule has 0 unspecified atom stereocenters. The van der Waals surface area contributed by atoms with Crippen LogP contribution in [0, 0.1) is 10.1 Å². The van der Waals surface area contributed by atoms with E-state index >= 15 is 0 Å². The minimum Gasteiger partial charge on any atom is -0.371 e. The van der Waals surface area contributed by atoms with Crippen LogP contribution < -0.4 is 4.90 Å². The summed E-state index contributed by atoms with van der Waals surface area (Å²) in [5.41, 5.74) is 3.66. The lowest BCUT2D eigenvalue weighted by Gasteiger charge is -2.34. The molecule has 1 heterocycles. The van der Waals surface area contributed by atoms with Gasteiger partial charge in [-0.2, -0.15) is 0 Å². The van der Waals surface area contributed by atoms with Crippen LogP contribution in [0.5, 0.6) is 0 Å². The molecule has 4 nitrogen and oxygen atoms in total. The zero-order valence-corrected chi connectivity index (χ0v) is 13.9. The molecule has 0 saturated carbocycles. The Morgan fingerprint density at radius 3 is 2.29 bits per heavy atom. The van der Waals surface area contributed by atoms with Crippen molar-refractivity contribution in [3.05, 3.63) is 81.5 Å². The first-order chi connectivity index (χ1) is 11.6. The maximum Gasteiger partial charge on any atom is 0.243 e. The minimum atomic E-state index is -0.359. The van der Waals surface area contributed by atoms with Gasteiger partial charge >= 0.3 is 0 Å². The van der Waals surface area contributed by atoms with Crippen LogP contribution in [0.4, 0.5) is 5.69 Å². The van der Waals surface area contributed by atoms with E-state index in [9.17, 15) is 10.1 Å². The van der Waals surface area contributed by atoms with Gasteiger partial charge in [0.2, 0.25) is 5.70 Å². The summed E-state index contributed by atoms with van der Waals surface area (Å²) < 4.78 is 0. The molecule has 4 heteroatoms. The Labute approximate surface area is 142 Å². The number of piperidine rings is 1. The smallest absolute Gasteiger partial charge is 0.243 e. The second-order valence-corrected chi connectivity index (χ2v) is 6.31. The fraction of sp³-hybridized carbons (Fsp3) is 0.300. The number of nitro groups is 1. The fourth-order valence-electron chi connectivity index (χ4n) is 3.27. The highest BCUT2D eigenvalue weighted by Gasteiger charge is 2.20. The van der Waals surface area contributed by atoms with Gasteiger partial charge in [-0.25, -0.2) is 0 Å². The number of allylic oxidation sites excluding steroid dienone is 1. The van der Waals surface area contributed by atoms with Crippen LogP contribution in [0.3, 0.4) is 0 Å². The van der Waals surface area contributed by atoms with Crippen LogP contribution in [0.1, 0.15) is 36.8 Å². The topological polar surface area (TPSA) is 46.4 Å². The highest BCUT2D eigenvalue weighted by molar-refractivity contribution is 5.57. The van der Waals surface area contributed by atoms with Crippen LogP contribution in [0.2, 0.25) is 0 Å². The molecule has 0 spiro atoms. The summed E-state index contributed by atoms with van der Waals surface area (Å²) in [6.07, 6.45) is 3.92. The first-order valence-corrected chi connectivity index (χ1v) is 8.36. The molecule has 0 aromatic heterocycles. The molecular weight excluding hydrogens is 300 g/mol. The van der Waals surface area contributed by atoms with Crippen LogP contribution in [-0.2, 0) is 0 Å². The van der Waals surface area contributed by atoms with Gasteiger partial charge in [-0.1, -0.05) is 42.5 Å². The van der Waals surface area contributed by atoms with Gasteiger partial charge in [-0.15, -0.1) is 0 Å². The second-order valence-electron chi connectivity index (χ2n) is 6.31. The van der Waals surface area contributed by atoms with Crippen LogP contribution in [0.25, 0.3) is 6.08 Å².